The molecule has 84 valence electrons. The summed E-state index contributed by atoms with van der Waals surface area (Å²) in [5, 5.41) is 9.74. The molecule has 0 aromatic carbocycles. The van der Waals surface area contributed by atoms with Gasteiger partial charge in [-0.15, -0.1) is 0 Å². The fourth-order valence-corrected chi connectivity index (χ4v) is 2.43. The highest BCUT2D eigenvalue weighted by atomic mass is 35.5. The van der Waals surface area contributed by atoms with E-state index < -0.39 is 0 Å². The first kappa shape index (κ1) is 10.4. The SMILES string of the molecule is O=c1c2cscc2cnn1-c1ccc(Cl)nc1. The van der Waals surface area contributed by atoms with Crippen LogP contribution < -0.4 is 5.56 Å². The van der Waals surface area contributed by atoms with Crippen molar-refractivity contribution >= 4 is 33.7 Å². The van der Waals surface area contributed by atoms with Crippen LogP contribution in [0.15, 0.2) is 40.1 Å². The van der Waals surface area contributed by atoms with Gasteiger partial charge in [-0.05, 0) is 12.1 Å². The fraction of sp³-hybridized carbons (Fsp3) is 0. The van der Waals surface area contributed by atoms with E-state index in [1.165, 1.54) is 22.2 Å². The van der Waals surface area contributed by atoms with Gasteiger partial charge in [0.05, 0.1) is 23.5 Å². The van der Waals surface area contributed by atoms with E-state index in [-0.39, 0.29) is 5.56 Å². The number of halogens is 1. The molecule has 3 heterocycles. The minimum atomic E-state index is -0.145. The van der Waals surface area contributed by atoms with Crippen molar-refractivity contribution in [3.05, 3.63) is 50.8 Å². The zero-order chi connectivity index (χ0) is 11.8. The highest BCUT2D eigenvalue weighted by Crippen LogP contribution is 2.15. The molecular formula is C11H6ClN3OS. The maximum atomic E-state index is 12.1. The van der Waals surface area contributed by atoms with E-state index in [0.717, 1.165) is 5.39 Å². The summed E-state index contributed by atoms with van der Waals surface area (Å²) in [4.78, 5) is 16.1. The van der Waals surface area contributed by atoms with E-state index in [9.17, 15) is 4.79 Å². The number of hydrogen-bond donors (Lipinski definition) is 0. The molecule has 6 heteroatoms. The Morgan fingerprint density at radius 3 is 2.88 bits per heavy atom. The van der Waals surface area contributed by atoms with E-state index in [2.05, 4.69) is 10.1 Å². The van der Waals surface area contributed by atoms with Crippen molar-refractivity contribution in [3.63, 3.8) is 0 Å². The first-order chi connectivity index (χ1) is 8.25. The van der Waals surface area contributed by atoms with Gasteiger partial charge in [-0.25, -0.2) is 4.98 Å². The van der Waals surface area contributed by atoms with Gasteiger partial charge in [0.1, 0.15) is 5.15 Å². The van der Waals surface area contributed by atoms with Crippen LogP contribution in [0.3, 0.4) is 0 Å². The molecule has 0 saturated heterocycles. The third kappa shape index (κ3) is 1.73. The van der Waals surface area contributed by atoms with Crippen LogP contribution in [-0.2, 0) is 0 Å². The number of aromatic nitrogens is 3. The van der Waals surface area contributed by atoms with Crippen molar-refractivity contribution in [1.29, 1.82) is 0 Å². The highest BCUT2D eigenvalue weighted by Gasteiger charge is 2.06. The van der Waals surface area contributed by atoms with E-state index in [1.807, 2.05) is 10.8 Å². The molecule has 0 atom stereocenters. The second-order valence-corrected chi connectivity index (χ2v) is 4.57. The zero-order valence-electron chi connectivity index (χ0n) is 8.50. The molecule has 0 saturated carbocycles. The largest absolute Gasteiger partial charge is 0.280 e. The van der Waals surface area contributed by atoms with Crippen molar-refractivity contribution in [2.24, 2.45) is 0 Å². The molecule has 0 aliphatic heterocycles. The molecule has 0 bridgehead atoms. The van der Waals surface area contributed by atoms with Gasteiger partial charge in [-0.1, -0.05) is 11.6 Å². The summed E-state index contributed by atoms with van der Waals surface area (Å²) in [5.74, 6) is 0. The van der Waals surface area contributed by atoms with Crippen molar-refractivity contribution < 1.29 is 0 Å². The lowest BCUT2D eigenvalue weighted by molar-refractivity contribution is 0.817. The number of rotatable bonds is 1. The van der Waals surface area contributed by atoms with E-state index in [1.54, 1.807) is 18.3 Å². The summed E-state index contributed by atoms with van der Waals surface area (Å²) >= 11 is 7.18. The van der Waals surface area contributed by atoms with Crippen LogP contribution >= 0.6 is 22.9 Å². The molecule has 0 fully saturated rings. The first-order valence-electron chi connectivity index (χ1n) is 4.82. The number of nitrogens with zero attached hydrogens (tertiary/aromatic N) is 3. The van der Waals surface area contributed by atoms with Crippen molar-refractivity contribution in [2.75, 3.05) is 0 Å². The number of hydrogen-bond acceptors (Lipinski definition) is 4. The molecule has 3 aromatic rings. The summed E-state index contributed by atoms with van der Waals surface area (Å²) < 4.78 is 1.32. The van der Waals surface area contributed by atoms with Gasteiger partial charge < -0.3 is 0 Å². The summed E-state index contributed by atoms with van der Waals surface area (Å²) in [5.41, 5.74) is 0.459. The fourth-order valence-electron chi connectivity index (χ4n) is 1.54. The molecule has 0 radical (unpaired) electrons. The Hall–Kier alpha value is -1.72. The number of pyridine rings is 1. The second-order valence-electron chi connectivity index (χ2n) is 3.44. The van der Waals surface area contributed by atoms with Gasteiger partial charge in [0.15, 0.2) is 0 Å². The third-order valence-corrected chi connectivity index (χ3v) is 3.37. The van der Waals surface area contributed by atoms with Crippen LogP contribution in [0, 0.1) is 0 Å². The molecule has 0 amide bonds. The molecule has 4 nitrogen and oxygen atoms in total. The smallest absolute Gasteiger partial charge is 0.267 e. The maximum absolute atomic E-state index is 12.1. The monoisotopic (exact) mass is 263 g/mol. The molecule has 3 aromatic heterocycles. The van der Waals surface area contributed by atoms with Crippen molar-refractivity contribution in [3.8, 4) is 5.69 Å². The van der Waals surface area contributed by atoms with Gasteiger partial charge in [-0.3, -0.25) is 4.79 Å². The summed E-state index contributed by atoms with van der Waals surface area (Å²) in [6.45, 7) is 0. The minimum Gasteiger partial charge on any atom is -0.267 e. The van der Waals surface area contributed by atoms with E-state index in [4.69, 9.17) is 11.6 Å². The number of fused-ring (bicyclic) bond motifs is 1. The van der Waals surface area contributed by atoms with Crippen molar-refractivity contribution in [2.45, 2.75) is 0 Å². The first-order valence-corrected chi connectivity index (χ1v) is 6.14. The molecule has 0 spiro atoms. The van der Waals surface area contributed by atoms with Crippen LogP contribution in [0.25, 0.3) is 16.5 Å². The Labute approximate surface area is 105 Å². The number of thiophene rings is 1. The van der Waals surface area contributed by atoms with Crippen LogP contribution in [0.1, 0.15) is 0 Å². The Kier molecular flexibility index (Phi) is 2.42. The quantitative estimate of drug-likeness (QED) is 0.634. The Morgan fingerprint density at radius 2 is 2.12 bits per heavy atom. The van der Waals surface area contributed by atoms with Crippen LogP contribution in [0.2, 0.25) is 5.15 Å². The zero-order valence-corrected chi connectivity index (χ0v) is 10.1. The molecule has 0 aliphatic rings. The molecule has 0 N–H and O–H groups in total. The lowest BCUT2D eigenvalue weighted by Crippen LogP contribution is -2.20. The summed E-state index contributed by atoms with van der Waals surface area (Å²) in [6.07, 6.45) is 3.19. The lowest BCUT2D eigenvalue weighted by atomic mass is 10.3. The molecule has 3 rings (SSSR count). The minimum absolute atomic E-state index is 0.145. The predicted octanol–water partition coefficient (Wildman–Crippen LogP) is 2.50. The molecule has 0 unspecified atom stereocenters. The van der Waals surface area contributed by atoms with Crippen LogP contribution in [0.5, 0.6) is 0 Å². The Morgan fingerprint density at radius 1 is 1.24 bits per heavy atom. The van der Waals surface area contributed by atoms with Gasteiger partial charge in [0.25, 0.3) is 5.56 Å². The van der Waals surface area contributed by atoms with E-state index >= 15 is 0 Å². The average Bonchev–Trinajstić information content (AvgIpc) is 2.80. The summed E-state index contributed by atoms with van der Waals surface area (Å²) in [6, 6.07) is 3.34. The second kappa shape index (κ2) is 3.94. The maximum Gasteiger partial charge on any atom is 0.280 e. The normalized spacial score (nSPS) is 10.9. The molecule has 17 heavy (non-hydrogen) atoms. The van der Waals surface area contributed by atoms with Gasteiger partial charge in [-0.2, -0.15) is 21.1 Å². The van der Waals surface area contributed by atoms with Crippen LogP contribution in [0.4, 0.5) is 0 Å². The van der Waals surface area contributed by atoms with Gasteiger partial charge >= 0.3 is 0 Å². The Bertz CT molecular complexity index is 732. The summed E-state index contributed by atoms with van der Waals surface area (Å²) in [7, 11) is 0. The van der Waals surface area contributed by atoms with Gasteiger partial charge in [0, 0.05) is 16.1 Å². The predicted molar refractivity (Wildman–Crippen MR) is 68.0 cm³/mol. The van der Waals surface area contributed by atoms with Gasteiger partial charge in [0.2, 0.25) is 0 Å². The topological polar surface area (TPSA) is 47.8 Å². The van der Waals surface area contributed by atoms with Crippen molar-refractivity contribution in [1.82, 2.24) is 14.8 Å². The third-order valence-electron chi connectivity index (χ3n) is 2.38. The standard InChI is InChI=1S/C11H6ClN3OS/c12-10-2-1-8(4-13-10)15-11(16)9-6-17-5-7(9)3-14-15/h1-6H. The highest BCUT2D eigenvalue weighted by molar-refractivity contribution is 7.09. The van der Waals surface area contributed by atoms with Crippen LogP contribution in [-0.4, -0.2) is 14.8 Å². The Balaban J connectivity index is 2.27. The lowest BCUT2D eigenvalue weighted by Gasteiger charge is -2.03. The average molecular weight is 264 g/mol. The molecular weight excluding hydrogens is 258 g/mol. The van der Waals surface area contributed by atoms with E-state index in [0.29, 0.717) is 16.2 Å². The molecule has 0 aliphatic carbocycles.